The highest BCUT2D eigenvalue weighted by Gasteiger charge is 2.17. The van der Waals surface area contributed by atoms with Crippen molar-refractivity contribution in [3.8, 4) is 0 Å². The third-order valence-corrected chi connectivity index (χ3v) is 5.36. The lowest BCUT2D eigenvalue weighted by Crippen LogP contribution is -2.17. The average molecular weight is 317 g/mol. The summed E-state index contributed by atoms with van der Waals surface area (Å²) in [6, 6.07) is 13.3. The first-order chi connectivity index (χ1) is 10.8. The van der Waals surface area contributed by atoms with Crippen LogP contribution >= 0.6 is 11.3 Å². The Hall–Kier alpha value is -1.20. The molecule has 1 aromatic carbocycles. The van der Waals surface area contributed by atoms with E-state index in [2.05, 4.69) is 55.6 Å². The third kappa shape index (κ3) is 3.76. The van der Waals surface area contributed by atoms with E-state index >= 15 is 0 Å². The molecular formula is C18H23NO2S. The van der Waals surface area contributed by atoms with Crippen LogP contribution in [0.2, 0.25) is 0 Å². The van der Waals surface area contributed by atoms with Crippen molar-refractivity contribution in [2.75, 3.05) is 13.2 Å². The molecule has 0 bridgehead atoms. The molecule has 3 nitrogen and oxygen atoms in total. The number of rotatable bonds is 6. The minimum Gasteiger partial charge on any atom is -0.346 e. The Labute approximate surface area is 136 Å². The summed E-state index contributed by atoms with van der Waals surface area (Å²) in [6.45, 7) is 6.66. The van der Waals surface area contributed by atoms with Gasteiger partial charge in [-0.1, -0.05) is 31.2 Å². The first-order valence-electron chi connectivity index (χ1n) is 7.90. The van der Waals surface area contributed by atoms with Gasteiger partial charge in [-0.2, -0.15) is 0 Å². The predicted octanol–water partition coefficient (Wildman–Crippen LogP) is 4.21. The van der Waals surface area contributed by atoms with Crippen LogP contribution in [0.25, 0.3) is 0 Å². The van der Waals surface area contributed by atoms with Gasteiger partial charge in [0.1, 0.15) is 0 Å². The molecule has 4 heteroatoms. The Morgan fingerprint density at radius 1 is 1.14 bits per heavy atom. The van der Waals surface area contributed by atoms with Crippen molar-refractivity contribution in [2.24, 2.45) is 0 Å². The van der Waals surface area contributed by atoms with Crippen LogP contribution in [0.3, 0.4) is 0 Å². The van der Waals surface area contributed by atoms with Crippen molar-refractivity contribution in [2.45, 2.75) is 39.1 Å². The zero-order chi connectivity index (χ0) is 15.4. The van der Waals surface area contributed by atoms with Gasteiger partial charge in [-0.3, -0.25) is 0 Å². The second kappa shape index (κ2) is 7.38. The number of hydrogen-bond donors (Lipinski definition) is 1. The normalized spacial score (nSPS) is 17.0. The lowest BCUT2D eigenvalue weighted by Gasteiger charge is -2.13. The molecule has 1 saturated heterocycles. The molecule has 0 aliphatic carbocycles. The molecule has 0 radical (unpaired) electrons. The SMILES string of the molecule is CCc1ccc(C(C)NCc2ccc(C3OCCO3)cc2)s1. The maximum absolute atomic E-state index is 5.51. The molecule has 2 heterocycles. The zero-order valence-corrected chi connectivity index (χ0v) is 14.0. The van der Waals surface area contributed by atoms with Crippen LogP contribution < -0.4 is 5.32 Å². The first-order valence-corrected chi connectivity index (χ1v) is 8.72. The molecule has 118 valence electrons. The zero-order valence-electron chi connectivity index (χ0n) is 13.2. The third-order valence-electron chi connectivity index (χ3n) is 3.94. The maximum atomic E-state index is 5.51. The van der Waals surface area contributed by atoms with E-state index in [0.29, 0.717) is 19.3 Å². The van der Waals surface area contributed by atoms with Crippen LogP contribution in [-0.2, 0) is 22.4 Å². The Morgan fingerprint density at radius 2 is 1.86 bits per heavy atom. The Bertz CT molecular complexity index is 587. The van der Waals surface area contributed by atoms with E-state index in [-0.39, 0.29) is 6.29 Å². The van der Waals surface area contributed by atoms with E-state index in [0.717, 1.165) is 18.5 Å². The van der Waals surface area contributed by atoms with E-state index in [9.17, 15) is 0 Å². The van der Waals surface area contributed by atoms with Gasteiger partial charge in [0, 0.05) is 27.9 Å². The topological polar surface area (TPSA) is 30.5 Å². The molecule has 1 aromatic heterocycles. The van der Waals surface area contributed by atoms with Crippen LogP contribution in [0.4, 0.5) is 0 Å². The van der Waals surface area contributed by atoms with Gasteiger partial charge in [-0.05, 0) is 31.0 Å². The van der Waals surface area contributed by atoms with Gasteiger partial charge < -0.3 is 14.8 Å². The van der Waals surface area contributed by atoms with E-state index < -0.39 is 0 Å². The van der Waals surface area contributed by atoms with Crippen molar-refractivity contribution in [1.82, 2.24) is 5.32 Å². The number of hydrogen-bond acceptors (Lipinski definition) is 4. The highest BCUT2D eigenvalue weighted by atomic mass is 32.1. The minimum atomic E-state index is -0.181. The van der Waals surface area contributed by atoms with E-state index in [1.807, 2.05) is 11.3 Å². The molecule has 1 N–H and O–H groups in total. The summed E-state index contributed by atoms with van der Waals surface area (Å²) < 4.78 is 11.0. The lowest BCUT2D eigenvalue weighted by atomic mass is 10.1. The number of benzene rings is 1. The summed E-state index contributed by atoms with van der Waals surface area (Å²) in [7, 11) is 0. The minimum absolute atomic E-state index is 0.181. The maximum Gasteiger partial charge on any atom is 0.184 e. The number of aryl methyl sites for hydroxylation is 1. The van der Waals surface area contributed by atoms with Gasteiger partial charge in [0.2, 0.25) is 0 Å². The highest BCUT2D eigenvalue weighted by molar-refractivity contribution is 7.12. The monoisotopic (exact) mass is 317 g/mol. The average Bonchev–Trinajstić information content (AvgIpc) is 3.24. The van der Waals surface area contributed by atoms with Crippen LogP contribution in [0.5, 0.6) is 0 Å². The Morgan fingerprint density at radius 3 is 2.50 bits per heavy atom. The molecule has 1 unspecified atom stereocenters. The summed E-state index contributed by atoms with van der Waals surface area (Å²) in [6.07, 6.45) is 0.934. The predicted molar refractivity (Wildman–Crippen MR) is 90.0 cm³/mol. The van der Waals surface area contributed by atoms with Crippen molar-refractivity contribution < 1.29 is 9.47 Å². The second-order valence-electron chi connectivity index (χ2n) is 5.58. The fraction of sp³-hybridized carbons (Fsp3) is 0.444. The number of nitrogens with one attached hydrogen (secondary N) is 1. The van der Waals surface area contributed by atoms with Gasteiger partial charge in [-0.15, -0.1) is 11.3 Å². The molecule has 22 heavy (non-hydrogen) atoms. The van der Waals surface area contributed by atoms with Crippen molar-refractivity contribution in [3.05, 3.63) is 57.3 Å². The van der Waals surface area contributed by atoms with E-state index in [4.69, 9.17) is 9.47 Å². The standard InChI is InChI=1S/C18H23NO2S/c1-3-16-8-9-17(22-16)13(2)19-12-14-4-6-15(7-5-14)18-20-10-11-21-18/h4-9,13,18-19H,3,10-12H2,1-2H3. The van der Waals surface area contributed by atoms with E-state index in [1.54, 1.807) is 0 Å². The lowest BCUT2D eigenvalue weighted by molar-refractivity contribution is -0.0441. The molecule has 1 atom stereocenters. The van der Waals surface area contributed by atoms with Crippen LogP contribution in [-0.4, -0.2) is 13.2 Å². The van der Waals surface area contributed by atoms with Gasteiger partial charge >= 0.3 is 0 Å². The molecule has 0 amide bonds. The summed E-state index contributed by atoms with van der Waals surface area (Å²) in [5.41, 5.74) is 2.38. The molecule has 1 fully saturated rings. The largest absolute Gasteiger partial charge is 0.346 e. The smallest absolute Gasteiger partial charge is 0.184 e. The van der Waals surface area contributed by atoms with Crippen molar-refractivity contribution in [3.63, 3.8) is 0 Å². The molecule has 1 aliphatic rings. The molecular weight excluding hydrogens is 294 g/mol. The molecule has 0 spiro atoms. The van der Waals surface area contributed by atoms with Crippen molar-refractivity contribution in [1.29, 1.82) is 0 Å². The van der Waals surface area contributed by atoms with Crippen LogP contribution in [0, 0.1) is 0 Å². The molecule has 3 rings (SSSR count). The Kier molecular flexibility index (Phi) is 5.26. The number of ether oxygens (including phenoxy) is 2. The summed E-state index contributed by atoms with van der Waals surface area (Å²) >= 11 is 1.90. The van der Waals surface area contributed by atoms with Crippen LogP contribution in [0.1, 0.15) is 47.1 Å². The van der Waals surface area contributed by atoms with Crippen LogP contribution in [0.15, 0.2) is 36.4 Å². The second-order valence-corrected chi connectivity index (χ2v) is 6.78. The summed E-state index contributed by atoms with van der Waals surface area (Å²) in [5, 5.41) is 3.59. The van der Waals surface area contributed by atoms with Gasteiger partial charge in [-0.25, -0.2) is 0 Å². The van der Waals surface area contributed by atoms with Gasteiger partial charge in [0.25, 0.3) is 0 Å². The summed E-state index contributed by atoms with van der Waals surface area (Å²) in [5.74, 6) is 0. The van der Waals surface area contributed by atoms with Gasteiger partial charge in [0.15, 0.2) is 6.29 Å². The van der Waals surface area contributed by atoms with Gasteiger partial charge in [0.05, 0.1) is 13.2 Å². The summed E-state index contributed by atoms with van der Waals surface area (Å²) in [4.78, 5) is 2.85. The fourth-order valence-electron chi connectivity index (χ4n) is 2.53. The van der Waals surface area contributed by atoms with Crippen molar-refractivity contribution >= 4 is 11.3 Å². The highest BCUT2D eigenvalue weighted by Crippen LogP contribution is 2.25. The number of thiophene rings is 1. The molecule has 2 aromatic rings. The molecule has 0 saturated carbocycles. The Balaban J connectivity index is 1.54. The quantitative estimate of drug-likeness (QED) is 0.866. The van der Waals surface area contributed by atoms with E-state index in [1.165, 1.54) is 15.3 Å². The fourth-order valence-corrected chi connectivity index (χ4v) is 3.51. The first kappa shape index (κ1) is 15.7. The molecule has 1 aliphatic heterocycles.